The van der Waals surface area contributed by atoms with Crippen LogP contribution >= 0.6 is 11.6 Å². The number of nitrogens with one attached hydrogen (secondary N) is 1. The third kappa shape index (κ3) is 5.38. The number of hydrogen-bond donors (Lipinski definition) is 1. The molecule has 208 valence electrons. The minimum absolute atomic E-state index is 0.0142. The van der Waals surface area contributed by atoms with Crippen LogP contribution in [0.2, 0.25) is 5.02 Å². The number of aromatic nitrogens is 3. The van der Waals surface area contributed by atoms with Gasteiger partial charge in [-0.1, -0.05) is 29.8 Å². The number of halogens is 1. The van der Waals surface area contributed by atoms with Crippen LogP contribution in [0.25, 0.3) is 16.7 Å². The number of benzene rings is 2. The maximum absolute atomic E-state index is 13.9. The van der Waals surface area contributed by atoms with E-state index in [0.717, 1.165) is 61.2 Å². The van der Waals surface area contributed by atoms with Gasteiger partial charge in [-0.15, -0.1) is 0 Å². The largest absolute Gasteiger partial charge is 0.378 e. The molecular formula is C31H34ClN5O3. The van der Waals surface area contributed by atoms with Crippen molar-refractivity contribution in [2.45, 2.75) is 45.2 Å². The lowest BCUT2D eigenvalue weighted by molar-refractivity contribution is 0.0919. The highest BCUT2D eigenvalue weighted by atomic mass is 35.5. The zero-order valence-electron chi connectivity index (χ0n) is 22.7. The topological polar surface area (TPSA) is 81.4 Å². The van der Waals surface area contributed by atoms with Crippen LogP contribution in [0.1, 0.15) is 41.7 Å². The van der Waals surface area contributed by atoms with Crippen molar-refractivity contribution in [1.82, 2.24) is 19.4 Å². The normalized spacial score (nSPS) is 19.6. The number of hydrogen-bond acceptors (Lipinski definition) is 5. The molecule has 1 saturated heterocycles. The molecule has 2 aromatic heterocycles. The van der Waals surface area contributed by atoms with Gasteiger partial charge in [0.1, 0.15) is 0 Å². The molecule has 6 rings (SSSR count). The standard InChI is InChI=1S/C31H34ClN5O3/c1-21-27(17-23(32)19-33-21)30(38)34-24-11-9-22(10-12-24)20-36-28-7-2-3-8-29(28)37(31(36)39)26-6-4-5-25(18-26)35-13-15-40-16-14-35/h2-8,17-19,22,24H,9-16,20H2,1H3,(H,34,38)/t22-,24-. The molecule has 40 heavy (non-hydrogen) atoms. The van der Waals surface area contributed by atoms with Crippen molar-refractivity contribution in [3.8, 4) is 5.69 Å². The minimum atomic E-state index is -0.130. The Labute approximate surface area is 238 Å². The average Bonchev–Trinajstić information content (AvgIpc) is 3.26. The Morgan fingerprint density at radius 1 is 1.00 bits per heavy atom. The Balaban J connectivity index is 1.18. The Bertz CT molecular complexity index is 1580. The number of anilines is 1. The Morgan fingerprint density at radius 2 is 1.73 bits per heavy atom. The highest BCUT2D eigenvalue weighted by Gasteiger charge is 2.26. The van der Waals surface area contributed by atoms with E-state index in [1.54, 1.807) is 12.3 Å². The van der Waals surface area contributed by atoms with E-state index < -0.39 is 0 Å². The number of fused-ring (bicyclic) bond motifs is 1. The summed E-state index contributed by atoms with van der Waals surface area (Å²) in [6.07, 6.45) is 5.18. The summed E-state index contributed by atoms with van der Waals surface area (Å²) in [5.41, 5.74) is 5.02. The summed E-state index contributed by atoms with van der Waals surface area (Å²) < 4.78 is 9.29. The minimum Gasteiger partial charge on any atom is -0.378 e. The van der Waals surface area contributed by atoms with Gasteiger partial charge in [0.2, 0.25) is 0 Å². The van der Waals surface area contributed by atoms with E-state index in [-0.39, 0.29) is 17.6 Å². The molecule has 3 heterocycles. The first kappa shape index (κ1) is 26.6. The van der Waals surface area contributed by atoms with Crippen molar-refractivity contribution in [1.29, 1.82) is 0 Å². The van der Waals surface area contributed by atoms with Gasteiger partial charge in [-0.05, 0) is 74.9 Å². The molecule has 0 radical (unpaired) electrons. The summed E-state index contributed by atoms with van der Waals surface area (Å²) in [5, 5.41) is 3.62. The van der Waals surface area contributed by atoms with Crippen LogP contribution in [0.4, 0.5) is 5.69 Å². The second-order valence-electron chi connectivity index (χ2n) is 10.8. The van der Waals surface area contributed by atoms with Gasteiger partial charge in [0.15, 0.2) is 0 Å². The first-order chi connectivity index (χ1) is 19.5. The number of amides is 1. The molecule has 0 atom stereocenters. The van der Waals surface area contributed by atoms with Crippen molar-refractivity contribution in [2.75, 3.05) is 31.2 Å². The summed E-state index contributed by atoms with van der Waals surface area (Å²) in [4.78, 5) is 33.2. The number of pyridine rings is 1. The van der Waals surface area contributed by atoms with Crippen LogP contribution in [0, 0.1) is 12.8 Å². The molecule has 0 unspecified atom stereocenters. The zero-order valence-corrected chi connectivity index (χ0v) is 23.4. The van der Waals surface area contributed by atoms with Crippen molar-refractivity contribution in [3.05, 3.63) is 87.6 Å². The van der Waals surface area contributed by atoms with Gasteiger partial charge in [0, 0.05) is 37.6 Å². The number of morpholine rings is 1. The van der Waals surface area contributed by atoms with E-state index in [2.05, 4.69) is 27.3 Å². The van der Waals surface area contributed by atoms with Crippen molar-refractivity contribution >= 4 is 34.2 Å². The van der Waals surface area contributed by atoms with Crippen LogP contribution < -0.4 is 15.9 Å². The Morgan fingerprint density at radius 3 is 2.50 bits per heavy atom. The van der Waals surface area contributed by atoms with Gasteiger partial charge in [-0.3, -0.25) is 18.9 Å². The first-order valence-corrected chi connectivity index (χ1v) is 14.4. The number of ether oxygens (including phenoxy) is 1. The molecule has 0 spiro atoms. The van der Waals surface area contributed by atoms with Gasteiger partial charge in [-0.25, -0.2) is 4.79 Å². The third-order valence-electron chi connectivity index (χ3n) is 8.22. The molecule has 4 aromatic rings. The van der Waals surface area contributed by atoms with Crippen molar-refractivity contribution < 1.29 is 9.53 Å². The molecular weight excluding hydrogens is 526 g/mol. The van der Waals surface area contributed by atoms with Crippen LogP contribution in [0.15, 0.2) is 65.6 Å². The number of rotatable bonds is 6. The fourth-order valence-corrected chi connectivity index (χ4v) is 6.19. The molecule has 1 N–H and O–H groups in total. The highest BCUT2D eigenvalue weighted by molar-refractivity contribution is 6.30. The van der Waals surface area contributed by atoms with Crippen LogP contribution in [-0.4, -0.2) is 52.4 Å². The van der Waals surface area contributed by atoms with Gasteiger partial charge in [0.25, 0.3) is 5.91 Å². The summed E-state index contributed by atoms with van der Waals surface area (Å²) in [6, 6.07) is 18.0. The van der Waals surface area contributed by atoms with E-state index >= 15 is 0 Å². The van der Waals surface area contributed by atoms with E-state index in [1.807, 2.05) is 52.5 Å². The predicted molar refractivity (Wildman–Crippen MR) is 158 cm³/mol. The SMILES string of the molecule is Cc1ncc(Cl)cc1C(=O)N[C@H]1CC[C@H](Cn2c(=O)n(-c3cccc(N4CCOCC4)c3)c3ccccc32)CC1. The maximum atomic E-state index is 13.9. The number of carbonyl (C=O) groups excluding carboxylic acids is 1. The zero-order chi connectivity index (χ0) is 27.6. The Hall–Kier alpha value is -3.62. The van der Waals surface area contributed by atoms with Crippen LogP contribution in [0.3, 0.4) is 0 Å². The lowest BCUT2D eigenvalue weighted by atomic mass is 9.85. The number of para-hydroxylation sites is 2. The smallest absolute Gasteiger partial charge is 0.333 e. The molecule has 2 aliphatic rings. The van der Waals surface area contributed by atoms with E-state index in [1.165, 1.54) is 0 Å². The van der Waals surface area contributed by atoms with E-state index in [4.69, 9.17) is 16.3 Å². The molecule has 1 aliphatic carbocycles. The predicted octanol–water partition coefficient (Wildman–Crippen LogP) is 4.97. The van der Waals surface area contributed by atoms with Gasteiger partial charge in [0.05, 0.1) is 46.2 Å². The number of carbonyl (C=O) groups is 1. The van der Waals surface area contributed by atoms with Crippen molar-refractivity contribution in [3.63, 3.8) is 0 Å². The summed E-state index contributed by atoms with van der Waals surface area (Å²) in [6.45, 7) is 5.60. The molecule has 0 bridgehead atoms. The van der Waals surface area contributed by atoms with Crippen LogP contribution in [0.5, 0.6) is 0 Å². The van der Waals surface area contributed by atoms with E-state index in [0.29, 0.717) is 42.0 Å². The third-order valence-corrected chi connectivity index (χ3v) is 8.43. The molecule has 1 amide bonds. The number of aryl methyl sites for hydroxylation is 1. The Kier molecular flexibility index (Phi) is 7.63. The van der Waals surface area contributed by atoms with Crippen LogP contribution in [-0.2, 0) is 11.3 Å². The fraction of sp³-hybridized carbons (Fsp3) is 0.387. The number of imidazole rings is 1. The number of nitrogens with zero attached hydrogens (tertiary/aromatic N) is 4. The molecule has 8 nitrogen and oxygen atoms in total. The molecule has 2 fully saturated rings. The lowest BCUT2D eigenvalue weighted by Gasteiger charge is -2.29. The molecule has 1 aliphatic heterocycles. The van der Waals surface area contributed by atoms with E-state index in [9.17, 15) is 9.59 Å². The fourth-order valence-electron chi connectivity index (χ4n) is 6.03. The lowest BCUT2D eigenvalue weighted by Crippen LogP contribution is -2.39. The van der Waals surface area contributed by atoms with Gasteiger partial charge >= 0.3 is 5.69 Å². The summed E-state index contributed by atoms with van der Waals surface area (Å²) in [5.74, 6) is 0.230. The maximum Gasteiger partial charge on any atom is 0.333 e. The first-order valence-electron chi connectivity index (χ1n) is 14.0. The van der Waals surface area contributed by atoms with Gasteiger partial charge in [-0.2, -0.15) is 0 Å². The van der Waals surface area contributed by atoms with Crippen molar-refractivity contribution in [2.24, 2.45) is 5.92 Å². The summed E-state index contributed by atoms with van der Waals surface area (Å²) in [7, 11) is 0. The molecule has 2 aromatic carbocycles. The molecule has 1 saturated carbocycles. The molecule has 9 heteroatoms. The monoisotopic (exact) mass is 559 g/mol. The quantitative estimate of drug-likeness (QED) is 0.360. The second kappa shape index (κ2) is 11.5. The second-order valence-corrected chi connectivity index (χ2v) is 11.3. The van der Waals surface area contributed by atoms with Gasteiger partial charge < -0.3 is 15.0 Å². The average molecular weight is 560 g/mol. The summed E-state index contributed by atoms with van der Waals surface area (Å²) >= 11 is 6.06. The highest BCUT2D eigenvalue weighted by Crippen LogP contribution is 2.28.